The van der Waals surface area contributed by atoms with Crippen molar-refractivity contribution in [1.29, 1.82) is 0 Å². The second kappa shape index (κ2) is 9.69. The van der Waals surface area contributed by atoms with Gasteiger partial charge in [0.05, 0.1) is 31.8 Å². The molecule has 1 N–H and O–H groups in total. The Hall–Kier alpha value is -3.19. The molecule has 2 aromatic rings. The average molecular weight is 512 g/mol. The smallest absolute Gasteiger partial charge is 0.290 e. The molecule has 36 heavy (non-hydrogen) atoms. The standard InChI is InChI=1S/C28H30ClNO6/c1-15-11-22-19(14-20(15)29)26(32)24-25(17-5-4-6-18(31)13-17)30(28(33)27(24)36-22)10-9-16-7-8-21(34-2)23(12-16)35-3/h4-8,12-13,15,19-20,22,25,31H,9-11,14H2,1-3H3. The van der Waals surface area contributed by atoms with Crippen molar-refractivity contribution in [2.45, 2.75) is 43.7 Å². The van der Waals surface area contributed by atoms with E-state index in [2.05, 4.69) is 0 Å². The van der Waals surface area contributed by atoms with Gasteiger partial charge in [-0.25, -0.2) is 0 Å². The second-order valence-electron chi connectivity index (χ2n) is 9.77. The topological polar surface area (TPSA) is 85.3 Å². The van der Waals surface area contributed by atoms with Gasteiger partial charge >= 0.3 is 0 Å². The van der Waals surface area contributed by atoms with Crippen molar-refractivity contribution in [1.82, 2.24) is 4.90 Å². The fourth-order valence-electron chi connectivity index (χ4n) is 5.62. The van der Waals surface area contributed by atoms with Crippen LogP contribution >= 0.6 is 11.6 Å². The zero-order valence-corrected chi connectivity index (χ0v) is 21.3. The van der Waals surface area contributed by atoms with Crippen molar-refractivity contribution in [2.75, 3.05) is 20.8 Å². The summed E-state index contributed by atoms with van der Waals surface area (Å²) in [5.74, 6) is 0.896. The minimum absolute atomic E-state index is 0.0724. The van der Waals surface area contributed by atoms with Gasteiger partial charge in [-0.05, 0) is 60.6 Å². The Morgan fingerprint density at radius 3 is 2.58 bits per heavy atom. The number of halogens is 1. The SMILES string of the molecule is COc1ccc(CCN2C(=O)C3=C(C(=O)C4CC(Cl)C(C)CC4O3)C2c2cccc(O)c2)cc1OC. The third-order valence-corrected chi connectivity index (χ3v) is 8.19. The van der Waals surface area contributed by atoms with Crippen LogP contribution in [-0.4, -0.2) is 53.9 Å². The highest BCUT2D eigenvalue weighted by Gasteiger charge is 2.53. The summed E-state index contributed by atoms with van der Waals surface area (Å²) in [7, 11) is 3.16. The van der Waals surface area contributed by atoms with E-state index < -0.39 is 6.04 Å². The normalized spacial score (nSPS) is 27.4. The van der Waals surface area contributed by atoms with Gasteiger partial charge in [0.1, 0.15) is 11.9 Å². The van der Waals surface area contributed by atoms with E-state index in [4.69, 9.17) is 25.8 Å². The van der Waals surface area contributed by atoms with Gasteiger partial charge in [-0.2, -0.15) is 0 Å². The first-order chi connectivity index (χ1) is 17.3. The van der Waals surface area contributed by atoms with Crippen molar-refractivity contribution in [3.8, 4) is 17.2 Å². The van der Waals surface area contributed by atoms with Gasteiger partial charge in [0.25, 0.3) is 5.91 Å². The molecule has 2 heterocycles. The lowest BCUT2D eigenvalue weighted by Crippen LogP contribution is -2.44. The zero-order chi connectivity index (χ0) is 25.6. The maximum Gasteiger partial charge on any atom is 0.290 e. The Morgan fingerprint density at radius 1 is 1.08 bits per heavy atom. The number of methoxy groups -OCH3 is 2. The predicted molar refractivity (Wildman–Crippen MR) is 134 cm³/mol. The van der Waals surface area contributed by atoms with E-state index in [0.29, 0.717) is 48.4 Å². The molecule has 5 unspecified atom stereocenters. The monoisotopic (exact) mass is 511 g/mol. The molecule has 5 rings (SSSR count). The minimum Gasteiger partial charge on any atom is -0.508 e. The molecule has 1 fully saturated rings. The second-order valence-corrected chi connectivity index (χ2v) is 10.3. The van der Waals surface area contributed by atoms with E-state index in [9.17, 15) is 14.7 Å². The molecule has 8 heteroatoms. The van der Waals surface area contributed by atoms with Crippen LogP contribution in [-0.2, 0) is 20.7 Å². The van der Waals surface area contributed by atoms with Gasteiger partial charge in [0.2, 0.25) is 0 Å². The highest BCUT2D eigenvalue weighted by Crippen LogP contribution is 2.48. The number of alkyl halides is 1. The minimum atomic E-state index is -0.638. The molecule has 3 aliphatic rings. The summed E-state index contributed by atoms with van der Waals surface area (Å²) in [6, 6.07) is 11.7. The number of hydrogen-bond acceptors (Lipinski definition) is 6. The number of benzene rings is 2. The summed E-state index contributed by atoms with van der Waals surface area (Å²) >= 11 is 6.54. The molecule has 5 atom stereocenters. The Morgan fingerprint density at radius 2 is 1.86 bits per heavy atom. The number of carbonyl (C=O) groups is 2. The van der Waals surface area contributed by atoms with Crippen LogP contribution in [0.1, 0.15) is 36.9 Å². The number of aromatic hydroxyl groups is 1. The predicted octanol–water partition coefficient (Wildman–Crippen LogP) is 4.41. The molecule has 7 nitrogen and oxygen atoms in total. The van der Waals surface area contributed by atoms with Crippen LogP contribution in [0.15, 0.2) is 53.8 Å². The molecule has 0 aromatic heterocycles. The number of ether oxygens (including phenoxy) is 3. The number of Topliss-reactive ketones (excluding diaryl/α,β-unsaturated/α-hetero) is 1. The number of amides is 1. The van der Waals surface area contributed by atoms with E-state index in [1.54, 1.807) is 37.3 Å². The first kappa shape index (κ1) is 24.5. The van der Waals surface area contributed by atoms with Crippen LogP contribution in [0.25, 0.3) is 0 Å². The highest BCUT2D eigenvalue weighted by molar-refractivity contribution is 6.21. The van der Waals surface area contributed by atoms with E-state index in [1.807, 2.05) is 31.2 Å². The van der Waals surface area contributed by atoms with Crippen LogP contribution in [0.5, 0.6) is 17.2 Å². The largest absolute Gasteiger partial charge is 0.508 e. The summed E-state index contributed by atoms with van der Waals surface area (Å²) in [5, 5.41) is 10.1. The Kier molecular flexibility index (Phi) is 6.60. The number of rotatable bonds is 6. The van der Waals surface area contributed by atoms with Crippen LogP contribution in [0.2, 0.25) is 0 Å². The van der Waals surface area contributed by atoms with Gasteiger partial charge in [-0.15, -0.1) is 11.6 Å². The van der Waals surface area contributed by atoms with E-state index in [0.717, 1.165) is 5.56 Å². The van der Waals surface area contributed by atoms with Crippen molar-refractivity contribution >= 4 is 23.3 Å². The molecule has 0 bridgehead atoms. The summed E-state index contributed by atoms with van der Waals surface area (Å²) in [6.45, 7) is 2.40. The van der Waals surface area contributed by atoms with Gasteiger partial charge < -0.3 is 24.2 Å². The third-order valence-electron chi connectivity index (χ3n) is 7.58. The van der Waals surface area contributed by atoms with Crippen molar-refractivity contribution in [2.24, 2.45) is 11.8 Å². The Balaban J connectivity index is 1.48. The summed E-state index contributed by atoms with van der Waals surface area (Å²) in [6.07, 6.45) is 1.34. The van der Waals surface area contributed by atoms with Gasteiger partial charge in [0.15, 0.2) is 23.0 Å². The summed E-state index contributed by atoms with van der Waals surface area (Å²) in [4.78, 5) is 29.2. The molecule has 1 amide bonds. The highest BCUT2D eigenvalue weighted by atomic mass is 35.5. The molecule has 0 saturated heterocycles. The van der Waals surface area contributed by atoms with Gasteiger partial charge in [0, 0.05) is 11.9 Å². The summed E-state index contributed by atoms with van der Waals surface area (Å²) in [5.41, 5.74) is 2.00. The number of hydrogen-bond donors (Lipinski definition) is 1. The average Bonchev–Trinajstić information content (AvgIpc) is 3.15. The molecule has 2 aliphatic heterocycles. The third kappa shape index (κ3) is 4.19. The van der Waals surface area contributed by atoms with Crippen molar-refractivity contribution in [3.63, 3.8) is 0 Å². The van der Waals surface area contributed by atoms with Gasteiger partial charge in [-0.3, -0.25) is 9.59 Å². The van der Waals surface area contributed by atoms with Crippen LogP contribution in [0.4, 0.5) is 0 Å². The molecule has 2 aromatic carbocycles. The number of phenolic OH excluding ortho intramolecular Hbond substituents is 1. The van der Waals surface area contributed by atoms with Gasteiger partial charge in [-0.1, -0.05) is 25.1 Å². The lowest BCUT2D eigenvalue weighted by molar-refractivity contribution is -0.136. The van der Waals surface area contributed by atoms with Crippen molar-refractivity contribution < 1.29 is 28.9 Å². The first-order valence-electron chi connectivity index (χ1n) is 12.2. The molecule has 1 saturated carbocycles. The lowest BCUT2D eigenvalue weighted by Gasteiger charge is -2.40. The fourth-order valence-corrected chi connectivity index (χ4v) is 5.92. The fraction of sp³-hybridized carbons (Fsp3) is 0.429. The number of ketones is 1. The molecule has 1 aliphatic carbocycles. The van der Waals surface area contributed by atoms with Crippen molar-refractivity contribution in [3.05, 3.63) is 64.9 Å². The summed E-state index contributed by atoms with van der Waals surface area (Å²) < 4.78 is 17.0. The maximum atomic E-state index is 13.8. The lowest BCUT2D eigenvalue weighted by atomic mass is 9.74. The van der Waals surface area contributed by atoms with E-state index >= 15 is 0 Å². The number of fused-ring (bicyclic) bond motifs is 1. The molecule has 190 valence electrons. The first-order valence-corrected chi connectivity index (χ1v) is 12.7. The Bertz CT molecular complexity index is 1230. The number of nitrogens with zero attached hydrogens (tertiary/aromatic N) is 1. The van der Waals surface area contributed by atoms with Crippen LogP contribution < -0.4 is 9.47 Å². The molecule has 0 radical (unpaired) electrons. The molecular weight excluding hydrogens is 482 g/mol. The quantitative estimate of drug-likeness (QED) is 0.578. The molecular formula is C28H30ClNO6. The van der Waals surface area contributed by atoms with E-state index in [1.165, 1.54) is 0 Å². The maximum absolute atomic E-state index is 13.8. The number of carbonyl (C=O) groups excluding carboxylic acids is 2. The van der Waals surface area contributed by atoms with Crippen LogP contribution in [0, 0.1) is 11.8 Å². The van der Waals surface area contributed by atoms with E-state index in [-0.39, 0.29) is 46.5 Å². The zero-order valence-electron chi connectivity index (χ0n) is 20.6. The molecule has 0 spiro atoms. The Labute approximate surface area is 215 Å². The number of phenols is 1. The van der Waals surface area contributed by atoms with Crippen LogP contribution in [0.3, 0.4) is 0 Å².